The fourth-order valence-corrected chi connectivity index (χ4v) is 2.12. The Hall–Kier alpha value is -1.27. The maximum absolute atomic E-state index is 6.01. The molecule has 0 atom stereocenters. The van der Waals surface area contributed by atoms with Crippen LogP contribution in [-0.4, -0.2) is 22.0 Å². The molecule has 0 spiro atoms. The van der Waals surface area contributed by atoms with E-state index in [9.17, 15) is 0 Å². The number of hydrogen-bond acceptors (Lipinski definition) is 6. The first-order chi connectivity index (χ1) is 8.10. The van der Waals surface area contributed by atoms with Gasteiger partial charge in [0.2, 0.25) is 5.95 Å². The third-order valence-corrected chi connectivity index (χ3v) is 3.37. The molecule has 0 aromatic carbocycles. The summed E-state index contributed by atoms with van der Waals surface area (Å²) in [6, 6.07) is 0. The molecule has 0 aliphatic rings. The topological polar surface area (TPSA) is 63.8 Å². The molecule has 0 radical (unpaired) electrons. The molecule has 0 aliphatic carbocycles. The van der Waals surface area contributed by atoms with Crippen LogP contribution < -0.4 is 5.32 Å². The molecule has 0 saturated carbocycles. The van der Waals surface area contributed by atoms with Crippen molar-refractivity contribution < 1.29 is 4.42 Å². The van der Waals surface area contributed by atoms with E-state index in [4.69, 9.17) is 16.0 Å². The Bertz CT molecular complexity index is 524. The molecule has 5 nitrogen and oxygen atoms in total. The van der Waals surface area contributed by atoms with Gasteiger partial charge in [-0.25, -0.2) is 15.0 Å². The molecule has 0 amide bonds. The van der Waals surface area contributed by atoms with Gasteiger partial charge < -0.3 is 9.73 Å². The van der Waals surface area contributed by atoms with E-state index in [0.717, 1.165) is 11.5 Å². The number of halogens is 1. The van der Waals surface area contributed by atoms with E-state index in [0.29, 0.717) is 21.2 Å². The van der Waals surface area contributed by atoms with Crippen molar-refractivity contribution in [1.29, 1.82) is 0 Å². The third kappa shape index (κ3) is 2.70. The van der Waals surface area contributed by atoms with Gasteiger partial charge in [0.25, 0.3) is 5.22 Å². The van der Waals surface area contributed by atoms with E-state index in [1.165, 1.54) is 11.8 Å². The quantitative estimate of drug-likeness (QED) is 0.865. The molecule has 0 saturated heterocycles. The number of oxazole rings is 1. The zero-order valence-electron chi connectivity index (χ0n) is 9.61. The lowest BCUT2D eigenvalue weighted by atomic mass is 10.4. The lowest BCUT2D eigenvalue weighted by molar-refractivity contribution is 0.431. The van der Waals surface area contributed by atoms with Gasteiger partial charge in [-0.1, -0.05) is 11.6 Å². The number of anilines is 1. The van der Waals surface area contributed by atoms with Gasteiger partial charge in [0.05, 0.1) is 16.9 Å². The maximum Gasteiger partial charge on any atom is 0.262 e. The summed E-state index contributed by atoms with van der Waals surface area (Å²) < 4.78 is 5.46. The predicted molar refractivity (Wildman–Crippen MR) is 66.7 cm³/mol. The van der Waals surface area contributed by atoms with Gasteiger partial charge >= 0.3 is 0 Å². The summed E-state index contributed by atoms with van der Waals surface area (Å²) in [6.45, 7) is 3.76. The summed E-state index contributed by atoms with van der Waals surface area (Å²) in [6.07, 6.45) is 1.55. The highest BCUT2D eigenvalue weighted by molar-refractivity contribution is 7.99. The van der Waals surface area contributed by atoms with Crippen molar-refractivity contribution in [3.63, 3.8) is 0 Å². The van der Waals surface area contributed by atoms with Crippen LogP contribution in [0.15, 0.2) is 20.9 Å². The van der Waals surface area contributed by atoms with E-state index >= 15 is 0 Å². The monoisotopic (exact) mass is 270 g/mol. The SMILES string of the molecule is CNc1ncc(Cl)c(Sc2nc(C)c(C)o2)n1. The van der Waals surface area contributed by atoms with Crippen LogP contribution in [0.3, 0.4) is 0 Å². The molecule has 2 heterocycles. The van der Waals surface area contributed by atoms with Gasteiger partial charge in [0, 0.05) is 7.05 Å². The minimum atomic E-state index is 0.475. The molecule has 1 N–H and O–H groups in total. The predicted octanol–water partition coefficient (Wildman–Crippen LogP) is 2.93. The molecule has 2 aromatic heterocycles. The fourth-order valence-electron chi connectivity index (χ4n) is 1.11. The molecular formula is C10H11ClN4OS. The summed E-state index contributed by atoms with van der Waals surface area (Å²) in [5, 5.41) is 4.47. The van der Waals surface area contributed by atoms with E-state index in [1.807, 2.05) is 13.8 Å². The Labute approximate surface area is 108 Å². The lowest BCUT2D eigenvalue weighted by Crippen LogP contribution is -1.96. The normalized spacial score (nSPS) is 10.6. The zero-order valence-corrected chi connectivity index (χ0v) is 11.2. The average Bonchev–Trinajstić information content (AvgIpc) is 2.61. The van der Waals surface area contributed by atoms with Crippen LogP contribution in [0.25, 0.3) is 0 Å². The molecule has 0 bridgehead atoms. The molecule has 0 unspecified atom stereocenters. The van der Waals surface area contributed by atoms with Gasteiger partial charge in [0.1, 0.15) is 10.8 Å². The average molecular weight is 271 g/mol. The second-order valence-electron chi connectivity index (χ2n) is 3.32. The largest absolute Gasteiger partial charge is 0.436 e. The van der Waals surface area contributed by atoms with Crippen LogP contribution in [0.2, 0.25) is 5.02 Å². The van der Waals surface area contributed by atoms with Gasteiger partial charge in [-0.15, -0.1) is 0 Å². The van der Waals surface area contributed by atoms with Crippen LogP contribution in [0.4, 0.5) is 5.95 Å². The summed E-state index contributed by atoms with van der Waals surface area (Å²) in [7, 11) is 1.75. The highest BCUT2D eigenvalue weighted by atomic mass is 35.5. The molecular weight excluding hydrogens is 260 g/mol. The lowest BCUT2D eigenvalue weighted by Gasteiger charge is -2.02. The van der Waals surface area contributed by atoms with Crippen molar-refractivity contribution in [2.75, 3.05) is 12.4 Å². The number of nitrogens with zero attached hydrogens (tertiary/aromatic N) is 3. The summed E-state index contributed by atoms with van der Waals surface area (Å²) in [4.78, 5) is 12.5. The third-order valence-electron chi connectivity index (χ3n) is 2.13. The second-order valence-corrected chi connectivity index (χ2v) is 4.67. The van der Waals surface area contributed by atoms with Crippen LogP contribution >= 0.6 is 23.4 Å². The van der Waals surface area contributed by atoms with Gasteiger partial charge in [-0.05, 0) is 25.6 Å². The summed E-state index contributed by atoms with van der Waals surface area (Å²) in [5.41, 5.74) is 0.867. The highest BCUT2D eigenvalue weighted by Crippen LogP contribution is 2.32. The molecule has 2 aromatic rings. The van der Waals surface area contributed by atoms with E-state index in [2.05, 4.69) is 20.3 Å². The molecule has 0 fully saturated rings. The van der Waals surface area contributed by atoms with Crippen LogP contribution in [0.1, 0.15) is 11.5 Å². The Morgan fingerprint density at radius 3 is 2.71 bits per heavy atom. The molecule has 7 heteroatoms. The number of rotatable bonds is 3. The Morgan fingerprint density at radius 1 is 1.35 bits per heavy atom. The van der Waals surface area contributed by atoms with Crippen molar-refractivity contribution in [1.82, 2.24) is 15.0 Å². The van der Waals surface area contributed by atoms with Crippen LogP contribution in [0, 0.1) is 13.8 Å². The first kappa shape index (κ1) is 12.2. The van der Waals surface area contributed by atoms with Gasteiger partial charge in [-0.3, -0.25) is 0 Å². The summed E-state index contributed by atoms with van der Waals surface area (Å²) in [5.74, 6) is 1.31. The van der Waals surface area contributed by atoms with Gasteiger partial charge in [0.15, 0.2) is 0 Å². The first-order valence-electron chi connectivity index (χ1n) is 4.92. The van der Waals surface area contributed by atoms with E-state index in [-0.39, 0.29) is 0 Å². The Morgan fingerprint density at radius 2 is 2.12 bits per heavy atom. The van der Waals surface area contributed by atoms with E-state index < -0.39 is 0 Å². The standard InChI is InChI=1S/C10H11ClN4OS/c1-5-6(2)16-10(14-5)17-8-7(11)4-13-9(12-3)15-8/h4H,1-3H3,(H,12,13,15). The second kappa shape index (κ2) is 4.93. The first-order valence-corrected chi connectivity index (χ1v) is 6.11. The number of nitrogens with one attached hydrogen (secondary N) is 1. The molecule has 2 rings (SSSR count). The molecule has 0 aliphatic heterocycles. The minimum absolute atomic E-state index is 0.475. The number of aromatic nitrogens is 3. The highest BCUT2D eigenvalue weighted by Gasteiger charge is 2.12. The van der Waals surface area contributed by atoms with Crippen molar-refractivity contribution in [3.05, 3.63) is 22.7 Å². The molecule has 90 valence electrons. The Balaban J connectivity index is 2.28. The minimum Gasteiger partial charge on any atom is -0.436 e. The Kier molecular flexibility index (Phi) is 3.54. The summed E-state index contributed by atoms with van der Waals surface area (Å²) >= 11 is 7.28. The molecule has 17 heavy (non-hydrogen) atoms. The number of aryl methyl sites for hydroxylation is 2. The van der Waals surface area contributed by atoms with Crippen molar-refractivity contribution >= 4 is 29.3 Å². The zero-order chi connectivity index (χ0) is 12.4. The van der Waals surface area contributed by atoms with Crippen LogP contribution in [0.5, 0.6) is 0 Å². The van der Waals surface area contributed by atoms with Crippen molar-refractivity contribution in [2.24, 2.45) is 0 Å². The van der Waals surface area contributed by atoms with Crippen LogP contribution in [-0.2, 0) is 0 Å². The smallest absolute Gasteiger partial charge is 0.262 e. The van der Waals surface area contributed by atoms with E-state index in [1.54, 1.807) is 13.2 Å². The van der Waals surface area contributed by atoms with Crippen molar-refractivity contribution in [3.8, 4) is 0 Å². The maximum atomic E-state index is 6.01. The number of hydrogen-bond donors (Lipinski definition) is 1. The van der Waals surface area contributed by atoms with Gasteiger partial charge in [-0.2, -0.15) is 0 Å². The van der Waals surface area contributed by atoms with Crippen molar-refractivity contribution in [2.45, 2.75) is 24.1 Å². The fraction of sp³-hybridized carbons (Fsp3) is 0.300.